The van der Waals surface area contributed by atoms with Gasteiger partial charge in [-0.2, -0.15) is 0 Å². The Kier molecular flexibility index (Phi) is 8.25. The van der Waals surface area contributed by atoms with Crippen LogP contribution in [0, 0.1) is 5.92 Å². The fraction of sp³-hybridized carbons (Fsp3) is 0.393. The van der Waals surface area contributed by atoms with E-state index in [-0.39, 0.29) is 30.2 Å². The number of rotatable bonds is 9. The highest BCUT2D eigenvalue weighted by molar-refractivity contribution is 5.95. The van der Waals surface area contributed by atoms with Crippen LogP contribution in [-0.2, 0) is 20.9 Å². The molecule has 1 saturated heterocycles. The third kappa shape index (κ3) is 6.05. The maximum atomic E-state index is 12.9. The van der Waals surface area contributed by atoms with E-state index in [0.29, 0.717) is 51.3 Å². The number of nitrogens with zero attached hydrogens (tertiary/aromatic N) is 3. The Labute approximate surface area is 211 Å². The predicted octanol–water partition coefficient (Wildman–Crippen LogP) is 3.77. The van der Waals surface area contributed by atoms with Crippen LogP contribution in [0.3, 0.4) is 0 Å². The van der Waals surface area contributed by atoms with Crippen LogP contribution >= 0.6 is 0 Å². The highest BCUT2D eigenvalue weighted by atomic mass is 16.5. The Bertz CT molecular complexity index is 1190. The Balaban J connectivity index is 1.28. The van der Waals surface area contributed by atoms with Gasteiger partial charge in [0, 0.05) is 54.9 Å². The maximum absolute atomic E-state index is 12.9. The lowest BCUT2D eigenvalue weighted by Crippen LogP contribution is -2.43. The van der Waals surface area contributed by atoms with Crippen molar-refractivity contribution in [2.24, 2.45) is 5.92 Å². The molecule has 2 aromatic carbocycles. The minimum absolute atomic E-state index is 0.00105. The first-order valence-electron chi connectivity index (χ1n) is 12.6. The van der Waals surface area contributed by atoms with Crippen molar-refractivity contribution in [3.05, 3.63) is 60.8 Å². The van der Waals surface area contributed by atoms with E-state index in [1.54, 1.807) is 4.90 Å². The van der Waals surface area contributed by atoms with Crippen molar-refractivity contribution in [3.8, 4) is 5.75 Å². The molecule has 36 heavy (non-hydrogen) atoms. The maximum Gasteiger partial charge on any atom is 0.260 e. The van der Waals surface area contributed by atoms with Crippen LogP contribution < -0.4 is 10.1 Å². The molecule has 1 aliphatic rings. The van der Waals surface area contributed by atoms with Crippen molar-refractivity contribution in [1.82, 2.24) is 14.4 Å². The van der Waals surface area contributed by atoms with Gasteiger partial charge in [-0.3, -0.25) is 14.4 Å². The molecule has 0 radical (unpaired) electrons. The first kappa shape index (κ1) is 25.3. The summed E-state index contributed by atoms with van der Waals surface area (Å²) in [6.45, 7) is 6.72. The molecule has 2 heterocycles. The number of benzene rings is 2. The number of carbonyl (C=O) groups excluding carboxylic acids is 3. The number of ether oxygens (including phenoxy) is 1. The van der Waals surface area contributed by atoms with E-state index in [1.165, 1.54) is 0 Å². The monoisotopic (exact) mass is 490 g/mol. The van der Waals surface area contributed by atoms with Gasteiger partial charge in [-0.15, -0.1) is 0 Å². The van der Waals surface area contributed by atoms with Gasteiger partial charge >= 0.3 is 0 Å². The smallest absolute Gasteiger partial charge is 0.260 e. The number of piperidine rings is 1. The van der Waals surface area contributed by atoms with Gasteiger partial charge in [-0.25, -0.2) is 0 Å². The number of likely N-dealkylation sites (N-methyl/N-ethyl adjacent to an activating group) is 1. The largest absolute Gasteiger partial charge is 0.484 e. The second-order valence-corrected chi connectivity index (χ2v) is 9.03. The van der Waals surface area contributed by atoms with Gasteiger partial charge in [0.15, 0.2) is 6.61 Å². The van der Waals surface area contributed by atoms with E-state index >= 15 is 0 Å². The van der Waals surface area contributed by atoms with E-state index in [0.717, 1.165) is 16.6 Å². The molecule has 0 atom stereocenters. The van der Waals surface area contributed by atoms with Crippen LogP contribution in [0.15, 0.2) is 60.8 Å². The van der Waals surface area contributed by atoms with E-state index in [4.69, 9.17) is 4.74 Å². The summed E-state index contributed by atoms with van der Waals surface area (Å²) < 4.78 is 7.50. The average molecular weight is 491 g/mol. The Morgan fingerprint density at radius 1 is 1.00 bits per heavy atom. The molecule has 0 unspecified atom stereocenters. The van der Waals surface area contributed by atoms with E-state index < -0.39 is 0 Å². The molecule has 3 amide bonds. The van der Waals surface area contributed by atoms with Gasteiger partial charge in [0.25, 0.3) is 5.91 Å². The van der Waals surface area contributed by atoms with Crippen molar-refractivity contribution in [3.63, 3.8) is 0 Å². The van der Waals surface area contributed by atoms with Crippen molar-refractivity contribution in [2.75, 3.05) is 38.1 Å². The summed E-state index contributed by atoms with van der Waals surface area (Å²) in [4.78, 5) is 41.4. The number of hydrogen-bond acceptors (Lipinski definition) is 4. The number of carbonyl (C=O) groups is 3. The first-order valence-corrected chi connectivity index (χ1v) is 12.6. The topological polar surface area (TPSA) is 83.9 Å². The van der Waals surface area contributed by atoms with Crippen LogP contribution in [-0.4, -0.2) is 64.9 Å². The molecule has 0 bridgehead atoms. The number of para-hydroxylation sites is 1. The van der Waals surface area contributed by atoms with E-state index in [2.05, 4.69) is 5.32 Å². The predicted molar refractivity (Wildman–Crippen MR) is 140 cm³/mol. The van der Waals surface area contributed by atoms with Crippen LogP contribution in [0.1, 0.15) is 26.7 Å². The first-order chi connectivity index (χ1) is 17.5. The number of fused-ring (bicyclic) bond motifs is 1. The number of anilines is 1. The van der Waals surface area contributed by atoms with Crippen LogP contribution in [0.2, 0.25) is 0 Å². The molecular formula is C28H34N4O4. The minimum atomic E-state index is -0.143. The molecule has 0 saturated carbocycles. The molecule has 1 fully saturated rings. The lowest BCUT2D eigenvalue weighted by molar-refractivity contribution is -0.136. The molecule has 190 valence electrons. The van der Waals surface area contributed by atoms with Crippen LogP contribution in [0.5, 0.6) is 5.75 Å². The normalized spacial score (nSPS) is 14.0. The third-order valence-corrected chi connectivity index (χ3v) is 6.78. The highest BCUT2D eigenvalue weighted by Crippen LogP contribution is 2.24. The summed E-state index contributed by atoms with van der Waals surface area (Å²) in [6, 6.07) is 17.0. The lowest BCUT2D eigenvalue weighted by atomic mass is 9.95. The summed E-state index contributed by atoms with van der Waals surface area (Å²) in [7, 11) is 0. The van der Waals surface area contributed by atoms with Gasteiger partial charge in [0.2, 0.25) is 11.8 Å². The molecule has 1 aromatic heterocycles. The molecular weight excluding hydrogens is 456 g/mol. The molecule has 0 aliphatic carbocycles. The van der Waals surface area contributed by atoms with Crippen LogP contribution in [0.4, 0.5) is 5.69 Å². The van der Waals surface area contributed by atoms with Crippen LogP contribution in [0.25, 0.3) is 10.9 Å². The average Bonchev–Trinajstić information content (AvgIpc) is 3.30. The fourth-order valence-corrected chi connectivity index (χ4v) is 4.63. The lowest BCUT2D eigenvalue weighted by Gasteiger charge is -2.31. The quantitative estimate of drug-likeness (QED) is 0.495. The summed E-state index contributed by atoms with van der Waals surface area (Å²) in [6.07, 6.45) is 3.15. The molecule has 1 aliphatic heterocycles. The molecule has 4 rings (SSSR count). The van der Waals surface area contributed by atoms with Gasteiger partial charge in [0.1, 0.15) is 12.3 Å². The Morgan fingerprint density at radius 2 is 1.72 bits per heavy atom. The molecule has 8 heteroatoms. The Morgan fingerprint density at radius 3 is 2.42 bits per heavy atom. The van der Waals surface area contributed by atoms with Gasteiger partial charge in [-0.05, 0) is 63.1 Å². The van der Waals surface area contributed by atoms with Crippen molar-refractivity contribution < 1.29 is 19.1 Å². The third-order valence-electron chi connectivity index (χ3n) is 6.78. The van der Waals surface area contributed by atoms with Crippen molar-refractivity contribution >= 4 is 34.3 Å². The number of hydrogen-bond donors (Lipinski definition) is 1. The molecule has 8 nitrogen and oxygen atoms in total. The number of aromatic nitrogens is 1. The second kappa shape index (κ2) is 11.7. The summed E-state index contributed by atoms with van der Waals surface area (Å²) in [5.74, 6) is 0.524. The van der Waals surface area contributed by atoms with Gasteiger partial charge in [-0.1, -0.05) is 18.2 Å². The zero-order chi connectivity index (χ0) is 25.5. The number of nitrogens with one attached hydrogen (secondary N) is 1. The SMILES string of the molecule is CCN(CC)C(=O)Cn1ccc2cc(NC(=O)C3CCN(C(=O)COc4ccccc4)CC3)ccc21. The molecule has 0 spiro atoms. The Hall–Kier alpha value is -3.81. The molecule has 3 aromatic rings. The van der Waals surface area contributed by atoms with Gasteiger partial charge in [0.05, 0.1) is 0 Å². The summed E-state index contributed by atoms with van der Waals surface area (Å²) in [5.41, 5.74) is 1.69. The zero-order valence-electron chi connectivity index (χ0n) is 21.0. The summed E-state index contributed by atoms with van der Waals surface area (Å²) in [5, 5.41) is 4.00. The van der Waals surface area contributed by atoms with Gasteiger partial charge < -0.3 is 24.4 Å². The highest BCUT2D eigenvalue weighted by Gasteiger charge is 2.27. The number of amides is 3. The molecule has 1 N–H and O–H groups in total. The second-order valence-electron chi connectivity index (χ2n) is 9.03. The zero-order valence-corrected chi connectivity index (χ0v) is 21.0. The minimum Gasteiger partial charge on any atom is -0.484 e. The van der Waals surface area contributed by atoms with E-state index in [1.807, 2.05) is 84.1 Å². The fourth-order valence-electron chi connectivity index (χ4n) is 4.63. The van der Waals surface area contributed by atoms with Crippen molar-refractivity contribution in [1.29, 1.82) is 0 Å². The number of likely N-dealkylation sites (tertiary alicyclic amines) is 1. The van der Waals surface area contributed by atoms with Crippen molar-refractivity contribution in [2.45, 2.75) is 33.2 Å². The van der Waals surface area contributed by atoms with E-state index in [9.17, 15) is 14.4 Å². The standard InChI is InChI=1S/C28H34N4O4/c1-3-30(4-2)26(33)19-32-17-14-22-18-23(10-11-25(22)32)29-28(35)21-12-15-31(16-13-21)27(34)20-36-24-8-6-5-7-9-24/h5-11,14,17-18,21H,3-4,12-13,15-16,19-20H2,1-2H3,(H,29,35). The summed E-state index contributed by atoms with van der Waals surface area (Å²) >= 11 is 0.